The third-order valence-corrected chi connectivity index (χ3v) is 5.97. The van der Waals surface area contributed by atoms with Gasteiger partial charge in [-0.25, -0.2) is 14.5 Å². The number of aryl methyl sites for hydroxylation is 3. The Kier molecular flexibility index (Phi) is 5.26. The third-order valence-electron chi connectivity index (χ3n) is 5.97. The molecule has 0 bridgehead atoms. The Morgan fingerprint density at radius 3 is 2.78 bits per heavy atom. The highest BCUT2D eigenvalue weighted by Crippen LogP contribution is 2.31. The normalized spacial score (nSPS) is 16.7. The first-order valence-electron chi connectivity index (χ1n) is 10.9. The van der Waals surface area contributed by atoms with Crippen molar-refractivity contribution in [1.82, 2.24) is 34.3 Å². The number of nitrogens with one attached hydrogen (secondary N) is 1. The molecule has 1 aliphatic rings. The van der Waals surface area contributed by atoms with Gasteiger partial charge in [-0.05, 0) is 52.4 Å². The fourth-order valence-corrected chi connectivity index (χ4v) is 4.34. The van der Waals surface area contributed by atoms with Crippen LogP contribution in [0.2, 0.25) is 0 Å². The Balaban J connectivity index is 1.40. The van der Waals surface area contributed by atoms with Crippen LogP contribution in [0.3, 0.4) is 0 Å². The van der Waals surface area contributed by atoms with Gasteiger partial charge < -0.3 is 15.0 Å². The second-order valence-corrected chi connectivity index (χ2v) is 8.45. The van der Waals surface area contributed by atoms with Crippen LogP contribution in [0, 0.1) is 13.8 Å². The summed E-state index contributed by atoms with van der Waals surface area (Å²) in [6.07, 6.45) is 6.16. The van der Waals surface area contributed by atoms with Gasteiger partial charge in [-0.2, -0.15) is 10.2 Å². The van der Waals surface area contributed by atoms with Gasteiger partial charge in [0.05, 0.1) is 11.7 Å². The van der Waals surface area contributed by atoms with E-state index in [0.717, 1.165) is 52.2 Å². The lowest BCUT2D eigenvalue weighted by molar-refractivity contribution is 0.199. The Bertz CT molecular complexity index is 1240. The van der Waals surface area contributed by atoms with Crippen molar-refractivity contribution in [3.63, 3.8) is 0 Å². The van der Waals surface area contributed by atoms with Crippen LogP contribution in [0.25, 0.3) is 16.8 Å². The van der Waals surface area contributed by atoms with Gasteiger partial charge in [0, 0.05) is 42.7 Å². The van der Waals surface area contributed by atoms with E-state index in [1.54, 1.807) is 6.20 Å². The number of rotatable bonds is 6. The molecule has 4 aromatic rings. The standard InChI is InChI=1S/C23H28N8O/c1-15-10-21(26-16(2)25-15)27-22-12-19-11-17(7-9-31(19)28-22)23-20(13-24-30(23)4)32-14-18-6-5-8-29(18)3/h7,9-13,18H,5-6,8,14H2,1-4H3,(H,25,26,27,28)/t18-/m1/s1. The highest BCUT2D eigenvalue weighted by molar-refractivity contribution is 5.72. The van der Waals surface area contributed by atoms with E-state index in [9.17, 15) is 0 Å². The molecule has 1 atom stereocenters. The molecule has 5 rings (SSSR count). The number of hydrogen-bond donors (Lipinski definition) is 1. The zero-order chi connectivity index (χ0) is 22.2. The summed E-state index contributed by atoms with van der Waals surface area (Å²) in [6.45, 7) is 5.65. The van der Waals surface area contributed by atoms with E-state index in [1.165, 1.54) is 12.8 Å². The molecule has 32 heavy (non-hydrogen) atoms. The third kappa shape index (κ3) is 4.03. The van der Waals surface area contributed by atoms with Crippen molar-refractivity contribution in [1.29, 1.82) is 0 Å². The highest BCUT2D eigenvalue weighted by atomic mass is 16.5. The Morgan fingerprint density at radius 1 is 1.12 bits per heavy atom. The molecule has 0 spiro atoms. The van der Waals surface area contributed by atoms with Crippen LogP contribution in [0.1, 0.15) is 24.4 Å². The minimum Gasteiger partial charge on any atom is -0.488 e. The number of fused-ring (bicyclic) bond motifs is 1. The van der Waals surface area contributed by atoms with Gasteiger partial charge in [0.15, 0.2) is 11.6 Å². The average Bonchev–Trinajstić information content (AvgIpc) is 3.43. The largest absolute Gasteiger partial charge is 0.488 e. The lowest BCUT2D eigenvalue weighted by Gasteiger charge is -2.19. The Labute approximate surface area is 187 Å². The molecular formula is C23H28N8O. The molecule has 0 amide bonds. The predicted octanol–water partition coefficient (Wildman–Crippen LogP) is 3.36. The molecule has 1 N–H and O–H groups in total. The van der Waals surface area contributed by atoms with Gasteiger partial charge in [0.2, 0.25) is 0 Å². The predicted molar refractivity (Wildman–Crippen MR) is 123 cm³/mol. The quantitative estimate of drug-likeness (QED) is 0.500. The van der Waals surface area contributed by atoms with Crippen LogP contribution in [0.15, 0.2) is 36.7 Å². The van der Waals surface area contributed by atoms with E-state index < -0.39 is 0 Å². The van der Waals surface area contributed by atoms with Crippen LogP contribution in [0.4, 0.5) is 11.6 Å². The summed E-state index contributed by atoms with van der Waals surface area (Å²) >= 11 is 0. The van der Waals surface area contributed by atoms with E-state index in [4.69, 9.17) is 4.74 Å². The molecule has 0 aliphatic carbocycles. The van der Waals surface area contributed by atoms with Crippen molar-refractivity contribution in [2.75, 3.05) is 25.5 Å². The number of likely N-dealkylation sites (N-methyl/N-ethyl adjacent to an activating group) is 1. The number of hydrogen-bond acceptors (Lipinski definition) is 7. The fraction of sp³-hybridized carbons (Fsp3) is 0.391. The van der Waals surface area contributed by atoms with Gasteiger partial charge in [0.1, 0.15) is 23.9 Å². The first-order valence-corrected chi connectivity index (χ1v) is 10.9. The summed E-state index contributed by atoms with van der Waals surface area (Å²) < 4.78 is 9.92. The van der Waals surface area contributed by atoms with Gasteiger partial charge in [-0.3, -0.25) is 4.68 Å². The maximum absolute atomic E-state index is 6.21. The second kappa shape index (κ2) is 8.23. The maximum Gasteiger partial charge on any atom is 0.165 e. The topological polar surface area (TPSA) is 85.4 Å². The summed E-state index contributed by atoms with van der Waals surface area (Å²) in [5, 5.41) is 12.3. The van der Waals surface area contributed by atoms with E-state index in [0.29, 0.717) is 12.6 Å². The lowest BCUT2D eigenvalue weighted by Crippen LogP contribution is -2.30. The second-order valence-electron chi connectivity index (χ2n) is 8.45. The van der Waals surface area contributed by atoms with Crippen LogP contribution < -0.4 is 10.1 Å². The van der Waals surface area contributed by atoms with Crippen LogP contribution in [-0.2, 0) is 7.05 Å². The fourth-order valence-electron chi connectivity index (χ4n) is 4.34. The van der Waals surface area contributed by atoms with Crippen molar-refractivity contribution in [3.05, 3.63) is 48.2 Å². The molecule has 0 aromatic carbocycles. The van der Waals surface area contributed by atoms with Crippen molar-refractivity contribution < 1.29 is 4.74 Å². The molecular weight excluding hydrogens is 404 g/mol. The van der Waals surface area contributed by atoms with E-state index in [1.807, 2.05) is 54.5 Å². The smallest absolute Gasteiger partial charge is 0.165 e. The van der Waals surface area contributed by atoms with Crippen molar-refractivity contribution in [3.8, 4) is 17.0 Å². The molecule has 1 saturated heterocycles. The molecule has 5 heterocycles. The monoisotopic (exact) mass is 432 g/mol. The van der Waals surface area contributed by atoms with Crippen molar-refractivity contribution >= 4 is 17.2 Å². The number of ether oxygens (including phenoxy) is 1. The van der Waals surface area contributed by atoms with Crippen LogP contribution in [-0.4, -0.2) is 60.5 Å². The van der Waals surface area contributed by atoms with E-state index >= 15 is 0 Å². The Hall–Kier alpha value is -3.46. The van der Waals surface area contributed by atoms with Gasteiger partial charge in [-0.15, -0.1) is 0 Å². The average molecular weight is 433 g/mol. The molecule has 1 fully saturated rings. The van der Waals surface area contributed by atoms with Crippen LogP contribution >= 0.6 is 0 Å². The van der Waals surface area contributed by atoms with Gasteiger partial charge in [-0.1, -0.05) is 0 Å². The molecule has 166 valence electrons. The molecule has 9 nitrogen and oxygen atoms in total. The SMILES string of the molecule is Cc1cc(Nc2cc3cc(-c4c(OC[C@H]5CCCN5C)cnn4C)ccn3n2)nc(C)n1. The summed E-state index contributed by atoms with van der Waals surface area (Å²) in [7, 11) is 4.10. The number of nitrogens with zero attached hydrogens (tertiary/aromatic N) is 7. The number of pyridine rings is 1. The van der Waals surface area contributed by atoms with Gasteiger partial charge >= 0.3 is 0 Å². The zero-order valence-electron chi connectivity index (χ0n) is 18.9. The molecule has 0 unspecified atom stereocenters. The highest BCUT2D eigenvalue weighted by Gasteiger charge is 2.22. The number of likely N-dealkylation sites (tertiary alicyclic amines) is 1. The minimum absolute atomic E-state index is 0.461. The number of aromatic nitrogens is 6. The molecule has 1 aliphatic heterocycles. The molecule has 9 heteroatoms. The summed E-state index contributed by atoms with van der Waals surface area (Å²) in [4.78, 5) is 11.1. The first-order chi connectivity index (χ1) is 15.5. The Morgan fingerprint density at radius 2 is 2.00 bits per heavy atom. The van der Waals surface area contributed by atoms with E-state index in [-0.39, 0.29) is 0 Å². The number of anilines is 2. The van der Waals surface area contributed by atoms with E-state index in [2.05, 4.69) is 43.5 Å². The molecule has 0 radical (unpaired) electrons. The minimum atomic E-state index is 0.461. The van der Waals surface area contributed by atoms with Crippen molar-refractivity contribution in [2.45, 2.75) is 32.7 Å². The zero-order valence-corrected chi connectivity index (χ0v) is 18.9. The summed E-state index contributed by atoms with van der Waals surface area (Å²) in [6, 6.07) is 8.50. The molecule has 4 aromatic heterocycles. The van der Waals surface area contributed by atoms with Crippen molar-refractivity contribution in [2.24, 2.45) is 7.05 Å². The van der Waals surface area contributed by atoms with Gasteiger partial charge in [0.25, 0.3) is 0 Å². The molecule has 0 saturated carbocycles. The summed E-state index contributed by atoms with van der Waals surface area (Å²) in [5.74, 6) is 3.00. The first kappa shape index (κ1) is 20.4. The summed E-state index contributed by atoms with van der Waals surface area (Å²) in [5.41, 5.74) is 3.88. The van der Waals surface area contributed by atoms with Crippen LogP contribution in [0.5, 0.6) is 5.75 Å². The maximum atomic E-state index is 6.21. The lowest BCUT2D eigenvalue weighted by atomic mass is 10.1.